The second-order valence-electron chi connectivity index (χ2n) is 7.77. The Morgan fingerprint density at radius 1 is 0.867 bits per heavy atom. The SMILES string of the molecule is C=C1C(Oc2ccccc2)O[C@H](COCCCC)[C@H](OCCCC)[C@@H]1OCCCC. The van der Waals surface area contributed by atoms with Crippen molar-refractivity contribution in [3.05, 3.63) is 42.5 Å². The Labute approximate surface area is 182 Å². The zero-order valence-corrected chi connectivity index (χ0v) is 19.0. The molecule has 2 rings (SSSR count). The van der Waals surface area contributed by atoms with Crippen LogP contribution in [-0.4, -0.2) is 51.0 Å². The highest BCUT2D eigenvalue weighted by Crippen LogP contribution is 2.31. The molecule has 4 atom stereocenters. The minimum atomic E-state index is -0.593. The molecule has 0 saturated carbocycles. The number of hydrogen-bond donors (Lipinski definition) is 0. The molecule has 0 spiro atoms. The molecule has 0 radical (unpaired) electrons. The first-order valence-corrected chi connectivity index (χ1v) is 11.6. The molecule has 0 N–H and O–H groups in total. The van der Waals surface area contributed by atoms with Crippen molar-refractivity contribution in [2.45, 2.75) is 83.9 Å². The van der Waals surface area contributed by atoms with Gasteiger partial charge in [0.2, 0.25) is 6.29 Å². The maximum Gasteiger partial charge on any atom is 0.225 e. The highest BCUT2D eigenvalue weighted by Gasteiger charge is 2.44. The van der Waals surface area contributed by atoms with E-state index in [1.807, 2.05) is 30.3 Å². The van der Waals surface area contributed by atoms with Crippen LogP contribution in [0.5, 0.6) is 5.75 Å². The molecule has 1 aliphatic heterocycles. The van der Waals surface area contributed by atoms with Gasteiger partial charge in [0.15, 0.2) is 0 Å². The molecule has 1 aromatic rings. The number of ether oxygens (including phenoxy) is 5. The van der Waals surface area contributed by atoms with Crippen LogP contribution in [0.1, 0.15) is 59.3 Å². The molecule has 5 heteroatoms. The van der Waals surface area contributed by atoms with E-state index in [1.165, 1.54) is 0 Å². The Morgan fingerprint density at radius 3 is 2.17 bits per heavy atom. The van der Waals surface area contributed by atoms with Gasteiger partial charge >= 0.3 is 0 Å². The standard InChI is InChI=1S/C25H40O5/c1-5-8-16-26-19-22-24(28-18-10-7-3)23(27-17-9-6-2)20(4)25(30-22)29-21-14-12-11-13-15-21/h11-15,22-25H,4-10,16-19H2,1-3H3/t22-,23-,24+,25?/m1/s1. The summed E-state index contributed by atoms with van der Waals surface area (Å²) in [6, 6.07) is 9.68. The summed E-state index contributed by atoms with van der Waals surface area (Å²) in [5, 5.41) is 0. The number of rotatable bonds is 15. The Hall–Kier alpha value is -1.40. The fraction of sp³-hybridized carbons (Fsp3) is 0.680. The number of benzene rings is 1. The van der Waals surface area contributed by atoms with Crippen LogP contribution in [0.3, 0.4) is 0 Å². The van der Waals surface area contributed by atoms with Crippen molar-refractivity contribution in [1.29, 1.82) is 0 Å². The van der Waals surface area contributed by atoms with Gasteiger partial charge in [-0.2, -0.15) is 0 Å². The summed E-state index contributed by atoms with van der Waals surface area (Å²) < 4.78 is 30.9. The van der Waals surface area contributed by atoms with Gasteiger partial charge < -0.3 is 23.7 Å². The normalized spacial score (nSPS) is 24.2. The third-order valence-electron chi connectivity index (χ3n) is 5.15. The van der Waals surface area contributed by atoms with Crippen LogP contribution in [0.4, 0.5) is 0 Å². The van der Waals surface area contributed by atoms with Gasteiger partial charge in [0, 0.05) is 25.4 Å². The highest BCUT2D eigenvalue weighted by atomic mass is 16.7. The van der Waals surface area contributed by atoms with Crippen LogP contribution in [0, 0.1) is 0 Å². The Morgan fingerprint density at radius 2 is 1.50 bits per heavy atom. The summed E-state index contributed by atoms with van der Waals surface area (Å²) >= 11 is 0. The van der Waals surface area contributed by atoms with E-state index in [2.05, 4.69) is 27.4 Å². The van der Waals surface area contributed by atoms with Gasteiger partial charge in [0.25, 0.3) is 0 Å². The van der Waals surface area contributed by atoms with Crippen molar-refractivity contribution >= 4 is 0 Å². The molecule has 30 heavy (non-hydrogen) atoms. The van der Waals surface area contributed by atoms with Gasteiger partial charge in [-0.3, -0.25) is 0 Å². The van der Waals surface area contributed by atoms with Gasteiger partial charge in [0.1, 0.15) is 24.1 Å². The lowest BCUT2D eigenvalue weighted by Crippen LogP contribution is -2.55. The first-order chi connectivity index (χ1) is 14.7. The quantitative estimate of drug-likeness (QED) is 0.276. The summed E-state index contributed by atoms with van der Waals surface area (Å²) in [5.74, 6) is 0.743. The lowest BCUT2D eigenvalue weighted by atomic mass is 9.97. The van der Waals surface area contributed by atoms with E-state index >= 15 is 0 Å². The maximum absolute atomic E-state index is 6.31. The average molecular weight is 421 g/mol. The molecule has 5 nitrogen and oxygen atoms in total. The number of hydrogen-bond acceptors (Lipinski definition) is 5. The van der Waals surface area contributed by atoms with E-state index in [0.29, 0.717) is 26.4 Å². The molecule has 1 aromatic carbocycles. The first-order valence-electron chi connectivity index (χ1n) is 11.6. The minimum Gasteiger partial charge on any atom is -0.461 e. The first kappa shape index (κ1) is 24.9. The molecule has 0 amide bonds. The van der Waals surface area contributed by atoms with Crippen molar-refractivity contribution < 1.29 is 23.7 Å². The lowest BCUT2D eigenvalue weighted by Gasteiger charge is -2.42. The minimum absolute atomic E-state index is 0.252. The Balaban J connectivity index is 2.15. The molecule has 170 valence electrons. The fourth-order valence-corrected chi connectivity index (χ4v) is 3.28. The Bertz CT molecular complexity index is 576. The van der Waals surface area contributed by atoms with Crippen LogP contribution in [-0.2, 0) is 18.9 Å². The molecule has 0 aromatic heterocycles. The molecular formula is C25H40O5. The molecule has 0 bridgehead atoms. The molecule has 1 aliphatic rings. The number of unbranched alkanes of at least 4 members (excludes halogenated alkanes) is 3. The predicted octanol–water partition coefficient (Wildman–Crippen LogP) is 5.53. The van der Waals surface area contributed by atoms with Crippen LogP contribution >= 0.6 is 0 Å². The van der Waals surface area contributed by atoms with E-state index in [9.17, 15) is 0 Å². The van der Waals surface area contributed by atoms with Crippen molar-refractivity contribution in [2.75, 3.05) is 26.4 Å². The predicted molar refractivity (Wildman–Crippen MR) is 120 cm³/mol. The van der Waals surface area contributed by atoms with E-state index in [4.69, 9.17) is 23.7 Å². The van der Waals surface area contributed by atoms with E-state index < -0.39 is 6.29 Å². The van der Waals surface area contributed by atoms with Crippen molar-refractivity contribution in [3.63, 3.8) is 0 Å². The van der Waals surface area contributed by atoms with E-state index in [-0.39, 0.29) is 18.3 Å². The summed E-state index contributed by atoms with van der Waals surface area (Å²) in [4.78, 5) is 0. The average Bonchev–Trinajstić information content (AvgIpc) is 2.76. The van der Waals surface area contributed by atoms with Crippen LogP contribution in [0.25, 0.3) is 0 Å². The van der Waals surface area contributed by atoms with E-state index in [0.717, 1.165) is 49.8 Å². The maximum atomic E-state index is 6.31. The molecule has 1 unspecified atom stereocenters. The third kappa shape index (κ3) is 8.03. The molecule has 1 saturated heterocycles. The topological polar surface area (TPSA) is 46.2 Å². The second-order valence-corrected chi connectivity index (χ2v) is 7.77. The Kier molecular flexibility index (Phi) is 12.1. The van der Waals surface area contributed by atoms with Crippen molar-refractivity contribution in [1.82, 2.24) is 0 Å². The summed E-state index contributed by atoms with van der Waals surface area (Å²) in [5.41, 5.74) is 0.765. The van der Waals surface area contributed by atoms with E-state index in [1.54, 1.807) is 0 Å². The van der Waals surface area contributed by atoms with Gasteiger partial charge in [-0.25, -0.2) is 0 Å². The zero-order chi connectivity index (χ0) is 21.6. The smallest absolute Gasteiger partial charge is 0.225 e. The molecule has 1 fully saturated rings. The van der Waals surface area contributed by atoms with Gasteiger partial charge in [-0.15, -0.1) is 0 Å². The van der Waals surface area contributed by atoms with Crippen LogP contribution in [0.15, 0.2) is 42.5 Å². The summed E-state index contributed by atoms with van der Waals surface area (Å²) in [7, 11) is 0. The molecular weight excluding hydrogens is 380 g/mol. The molecule has 1 heterocycles. The third-order valence-corrected chi connectivity index (χ3v) is 5.15. The van der Waals surface area contributed by atoms with Crippen molar-refractivity contribution in [2.24, 2.45) is 0 Å². The molecule has 0 aliphatic carbocycles. The fourth-order valence-electron chi connectivity index (χ4n) is 3.28. The van der Waals surface area contributed by atoms with Crippen LogP contribution in [0.2, 0.25) is 0 Å². The number of para-hydroxylation sites is 1. The van der Waals surface area contributed by atoms with Crippen molar-refractivity contribution in [3.8, 4) is 5.75 Å². The van der Waals surface area contributed by atoms with Gasteiger partial charge in [-0.1, -0.05) is 64.8 Å². The summed E-state index contributed by atoms with van der Waals surface area (Å²) in [6.07, 6.45) is 4.87. The van der Waals surface area contributed by atoms with Crippen LogP contribution < -0.4 is 4.74 Å². The zero-order valence-electron chi connectivity index (χ0n) is 19.0. The monoisotopic (exact) mass is 420 g/mol. The highest BCUT2D eigenvalue weighted by molar-refractivity contribution is 5.24. The van der Waals surface area contributed by atoms with Gasteiger partial charge in [-0.05, 0) is 31.4 Å². The summed E-state index contributed by atoms with van der Waals surface area (Å²) in [6.45, 7) is 13.2. The second kappa shape index (κ2) is 14.6. The van der Waals surface area contributed by atoms with Gasteiger partial charge in [0.05, 0.1) is 6.61 Å². The lowest BCUT2D eigenvalue weighted by molar-refractivity contribution is -0.224. The largest absolute Gasteiger partial charge is 0.461 e.